The molecule has 0 amide bonds. The molecule has 5 heteroatoms. The lowest BCUT2D eigenvalue weighted by molar-refractivity contribution is 0.562. The summed E-state index contributed by atoms with van der Waals surface area (Å²) in [6.07, 6.45) is 5.44. The van der Waals surface area contributed by atoms with E-state index in [2.05, 4.69) is 33.5 Å². The molecule has 0 aliphatic rings. The van der Waals surface area contributed by atoms with Gasteiger partial charge in [-0.1, -0.05) is 24.3 Å². The molecule has 0 aliphatic carbocycles. The van der Waals surface area contributed by atoms with Crippen LogP contribution in [0.25, 0.3) is 5.69 Å². The van der Waals surface area contributed by atoms with Crippen molar-refractivity contribution < 1.29 is 0 Å². The molecule has 5 nitrogen and oxygen atoms in total. The lowest BCUT2D eigenvalue weighted by Gasteiger charge is -2.12. The molecule has 0 unspecified atom stereocenters. The maximum absolute atomic E-state index is 4.47. The normalized spacial score (nSPS) is 12.2. The molecule has 3 rings (SSSR count). The van der Waals surface area contributed by atoms with Crippen LogP contribution in [0.4, 0.5) is 0 Å². The molecule has 3 aromatic rings. The molecule has 0 saturated heterocycles. The number of aromatic nitrogens is 4. The average Bonchev–Trinajstić information content (AvgIpc) is 3.03. The van der Waals surface area contributed by atoms with Crippen molar-refractivity contribution >= 4 is 0 Å². The molecule has 0 fully saturated rings. The molecule has 106 valence electrons. The molecule has 0 spiro atoms. The topological polar surface area (TPSA) is 55.6 Å². The van der Waals surface area contributed by atoms with Crippen molar-refractivity contribution in [2.75, 3.05) is 0 Å². The molecular weight excluding hydrogens is 262 g/mol. The van der Waals surface area contributed by atoms with E-state index in [1.54, 1.807) is 17.2 Å². The van der Waals surface area contributed by atoms with Gasteiger partial charge in [-0.05, 0) is 30.7 Å². The number of para-hydroxylation sites is 1. The Morgan fingerprint density at radius 2 is 1.95 bits per heavy atom. The van der Waals surface area contributed by atoms with E-state index in [9.17, 15) is 0 Å². The first-order valence-electron chi connectivity index (χ1n) is 6.93. The molecule has 0 saturated carbocycles. The van der Waals surface area contributed by atoms with Crippen molar-refractivity contribution in [1.29, 1.82) is 0 Å². The van der Waals surface area contributed by atoms with Gasteiger partial charge in [0.25, 0.3) is 0 Å². The molecule has 0 radical (unpaired) electrons. The van der Waals surface area contributed by atoms with Crippen LogP contribution in [-0.2, 0) is 6.54 Å². The van der Waals surface area contributed by atoms with Gasteiger partial charge in [0, 0.05) is 25.0 Å². The fourth-order valence-corrected chi connectivity index (χ4v) is 2.07. The summed E-state index contributed by atoms with van der Waals surface area (Å²) in [6, 6.07) is 14.1. The van der Waals surface area contributed by atoms with E-state index in [0.717, 1.165) is 16.9 Å². The van der Waals surface area contributed by atoms with Crippen LogP contribution in [-0.4, -0.2) is 20.0 Å². The third-order valence-corrected chi connectivity index (χ3v) is 3.30. The van der Waals surface area contributed by atoms with E-state index in [1.165, 1.54) is 0 Å². The highest BCUT2D eigenvalue weighted by Crippen LogP contribution is 2.11. The molecule has 21 heavy (non-hydrogen) atoms. The van der Waals surface area contributed by atoms with Gasteiger partial charge in [0.05, 0.1) is 17.6 Å². The highest BCUT2D eigenvalue weighted by molar-refractivity contribution is 5.28. The van der Waals surface area contributed by atoms with Gasteiger partial charge in [0.15, 0.2) is 0 Å². The summed E-state index contributed by atoms with van der Waals surface area (Å²) in [5, 5.41) is 12.2. The zero-order valence-corrected chi connectivity index (χ0v) is 11.8. The number of benzene rings is 1. The van der Waals surface area contributed by atoms with E-state index in [4.69, 9.17) is 0 Å². The second-order valence-corrected chi connectivity index (χ2v) is 4.85. The number of nitrogens with zero attached hydrogens (tertiary/aromatic N) is 4. The molecule has 1 atom stereocenters. The number of pyridine rings is 1. The molecule has 0 aliphatic heterocycles. The maximum atomic E-state index is 4.47. The van der Waals surface area contributed by atoms with Crippen LogP contribution in [0, 0.1) is 0 Å². The highest BCUT2D eigenvalue weighted by Gasteiger charge is 2.07. The van der Waals surface area contributed by atoms with Crippen LogP contribution in [0.1, 0.15) is 24.2 Å². The molecule has 2 aromatic heterocycles. The lowest BCUT2D eigenvalue weighted by Crippen LogP contribution is -2.18. The first-order valence-corrected chi connectivity index (χ1v) is 6.93. The summed E-state index contributed by atoms with van der Waals surface area (Å²) in [5.41, 5.74) is 3.03. The number of nitrogens with one attached hydrogen (secondary N) is 1. The number of rotatable bonds is 5. The molecule has 0 bridgehead atoms. The van der Waals surface area contributed by atoms with Gasteiger partial charge in [-0.25, -0.2) is 0 Å². The minimum absolute atomic E-state index is 0.223. The van der Waals surface area contributed by atoms with Gasteiger partial charge in [-0.15, -0.1) is 0 Å². The minimum Gasteiger partial charge on any atom is -0.304 e. The van der Waals surface area contributed by atoms with Crippen LogP contribution in [0.2, 0.25) is 0 Å². The summed E-state index contributed by atoms with van der Waals surface area (Å²) in [5.74, 6) is 0. The minimum atomic E-state index is 0.223. The summed E-state index contributed by atoms with van der Waals surface area (Å²) >= 11 is 0. The fourth-order valence-electron chi connectivity index (χ4n) is 2.07. The monoisotopic (exact) mass is 279 g/mol. The van der Waals surface area contributed by atoms with Crippen molar-refractivity contribution in [1.82, 2.24) is 25.3 Å². The Kier molecular flexibility index (Phi) is 4.02. The summed E-state index contributed by atoms with van der Waals surface area (Å²) in [7, 11) is 0. The first kappa shape index (κ1) is 13.5. The maximum Gasteiger partial charge on any atom is 0.0969 e. The Balaban J connectivity index is 1.63. The van der Waals surface area contributed by atoms with Crippen molar-refractivity contribution in [2.45, 2.75) is 19.5 Å². The quantitative estimate of drug-likeness (QED) is 0.779. The molecule has 2 heterocycles. The van der Waals surface area contributed by atoms with Gasteiger partial charge in [-0.2, -0.15) is 15.0 Å². The fraction of sp³-hybridized carbons (Fsp3) is 0.188. The summed E-state index contributed by atoms with van der Waals surface area (Å²) in [4.78, 5) is 5.78. The second-order valence-electron chi connectivity index (χ2n) is 4.85. The smallest absolute Gasteiger partial charge is 0.0969 e. The Hall–Kier alpha value is -2.53. The first-order chi connectivity index (χ1) is 10.3. The van der Waals surface area contributed by atoms with E-state index < -0.39 is 0 Å². The van der Waals surface area contributed by atoms with Gasteiger partial charge in [-0.3, -0.25) is 4.98 Å². The van der Waals surface area contributed by atoms with Crippen LogP contribution < -0.4 is 5.32 Å². The Bertz CT molecular complexity index is 678. The van der Waals surface area contributed by atoms with E-state index in [0.29, 0.717) is 6.54 Å². The van der Waals surface area contributed by atoms with Crippen LogP contribution >= 0.6 is 0 Å². The molecular formula is C16H17N5. The van der Waals surface area contributed by atoms with Crippen molar-refractivity contribution in [3.05, 3.63) is 72.3 Å². The van der Waals surface area contributed by atoms with Crippen LogP contribution in [0.3, 0.4) is 0 Å². The predicted octanol–water partition coefficient (Wildman–Crippen LogP) is 2.51. The largest absolute Gasteiger partial charge is 0.304 e. The standard InChI is InChI=1S/C16H17N5/c1-13(14-6-5-9-17-10-14)18-11-15-12-19-21(20-15)16-7-3-2-4-8-16/h2-10,12-13,18H,11H2,1H3/t13-/m0/s1. The van der Waals surface area contributed by atoms with E-state index >= 15 is 0 Å². The third kappa shape index (κ3) is 3.32. The number of hydrogen-bond acceptors (Lipinski definition) is 4. The zero-order valence-electron chi connectivity index (χ0n) is 11.8. The SMILES string of the molecule is C[C@H](NCc1cnn(-c2ccccc2)n1)c1cccnc1. The highest BCUT2D eigenvalue weighted by atomic mass is 15.5. The Labute approximate surface area is 123 Å². The third-order valence-electron chi connectivity index (χ3n) is 3.30. The molecule has 1 N–H and O–H groups in total. The van der Waals surface area contributed by atoms with Gasteiger partial charge < -0.3 is 5.32 Å². The predicted molar refractivity (Wildman–Crippen MR) is 80.9 cm³/mol. The Morgan fingerprint density at radius 1 is 1.10 bits per heavy atom. The van der Waals surface area contributed by atoms with Gasteiger partial charge >= 0.3 is 0 Å². The van der Waals surface area contributed by atoms with Gasteiger partial charge in [0.1, 0.15) is 0 Å². The van der Waals surface area contributed by atoms with Crippen LogP contribution in [0.5, 0.6) is 0 Å². The lowest BCUT2D eigenvalue weighted by atomic mass is 10.1. The summed E-state index contributed by atoms with van der Waals surface area (Å²) in [6.45, 7) is 2.78. The molecule has 1 aromatic carbocycles. The van der Waals surface area contributed by atoms with E-state index in [1.807, 2.05) is 42.6 Å². The van der Waals surface area contributed by atoms with Crippen LogP contribution in [0.15, 0.2) is 61.1 Å². The summed E-state index contributed by atoms with van der Waals surface area (Å²) < 4.78 is 0. The Morgan fingerprint density at radius 3 is 2.71 bits per heavy atom. The van der Waals surface area contributed by atoms with Crippen molar-refractivity contribution in [3.8, 4) is 5.69 Å². The zero-order chi connectivity index (χ0) is 14.5. The average molecular weight is 279 g/mol. The van der Waals surface area contributed by atoms with Crippen molar-refractivity contribution in [3.63, 3.8) is 0 Å². The number of hydrogen-bond donors (Lipinski definition) is 1. The van der Waals surface area contributed by atoms with E-state index in [-0.39, 0.29) is 6.04 Å². The second kappa shape index (κ2) is 6.28. The van der Waals surface area contributed by atoms with Crippen molar-refractivity contribution in [2.24, 2.45) is 0 Å². The van der Waals surface area contributed by atoms with Gasteiger partial charge in [0.2, 0.25) is 0 Å².